The number of methoxy groups -OCH3 is 3. The average molecular weight is 296 g/mol. The van der Waals surface area contributed by atoms with Crippen molar-refractivity contribution in [1.29, 1.82) is 0 Å². The van der Waals surface area contributed by atoms with Crippen LogP contribution in [0.25, 0.3) is 0 Å². The molecule has 0 saturated carbocycles. The highest BCUT2D eigenvalue weighted by molar-refractivity contribution is 6.01. The van der Waals surface area contributed by atoms with Crippen molar-refractivity contribution in [1.82, 2.24) is 4.90 Å². The van der Waals surface area contributed by atoms with Crippen LogP contribution in [0.4, 0.5) is 5.69 Å². The van der Waals surface area contributed by atoms with Crippen LogP contribution in [0.5, 0.6) is 11.5 Å². The summed E-state index contributed by atoms with van der Waals surface area (Å²) >= 11 is 0. The zero-order valence-corrected chi connectivity index (χ0v) is 12.6. The number of nitrogens with zero attached hydrogens (tertiary/aromatic N) is 1. The fraction of sp³-hybridized carbons (Fsp3) is 0.429. The molecule has 0 aliphatic carbocycles. The van der Waals surface area contributed by atoms with Gasteiger partial charge in [0.25, 0.3) is 5.91 Å². The average Bonchev–Trinajstić information content (AvgIpc) is 2.51. The minimum absolute atomic E-state index is 0.111. The van der Waals surface area contributed by atoms with E-state index in [1.165, 1.54) is 32.3 Å². The maximum absolute atomic E-state index is 12.4. The van der Waals surface area contributed by atoms with Gasteiger partial charge in [-0.3, -0.25) is 9.59 Å². The van der Waals surface area contributed by atoms with E-state index in [2.05, 4.69) is 4.74 Å². The van der Waals surface area contributed by atoms with Gasteiger partial charge in [0.1, 0.15) is 11.5 Å². The normalized spacial score (nSPS) is 9.90. The minimum Gasteiger partial charge on any atom is -0.497 e. The first-order valence-corrected chi connectivity index (χ1v) is 6.28. The molecule has 0 heterocycles. The third-order valence-corrected chi connectivity index (χ3v) is 3.03. The molecule has 0 bridgehead atoms. The zero-order valence-electron chi connectivity index (χ0n) is 12.6. The van der Waals surface area contributed by atoms with Crippen molar-refractivity contribution < 1.29 is 23.8 Å². The number of hydrogen-bond donors (Lipinski definition) is 1. The predicted octanol–water partition coefficient (Wildman–Crippen LogP) is 0.921. The summed E-state index contributed by atoms with van der Waals surface area (Å²) in [6.45, 7) is 0.227. The number of carbonyl (C=O) groups is 2. The monoisotopic (exact) mass is 296 g/mol. The number of hydrogen-bond acceptors (Lipinski definition) is 6. The smallest absolute Gasteiger partial charge is 0.307 e. The highest BCUT2D eigenvalue weighted by Gasteiger charge is 2.19. The van der Waals surface area contributed by atoms with Crippen molar-refractivity contribution in [3.63, 3.8) is 0 Å². The van der Waals surface area contributed by atoms with Crippen LogP contribution in [0.1, 0.15) is 16.8 Å². The van der Waals surface area contributed by atoms with E-state index in [0.717, 1.165) is 0 Å². The van der Waals surface area contributed by atoms with Gasteiger partial charge >= 0.3 is 5.97 Å². The van der Waals surface area contributed by atoms with Crippen LogP contribution in [0.3, 0.4) is 0 Å². The van der Waals surface area contributed by atoms with Crippen molar-refractivity contribution in [2.75, 3.05) is 40.7 Å². The van der Waals surface area contributed by atoms with Crippen LogP contribution in [-0.4, -0.2) is 51.7 Å². The molecule has 1 aromatic carbocycles. The van der Waals surface area contributed by atoms with Crippen LogP contribution in [0, 0.1) is 0 Å². The Balaban J connectivity index is 2.97. The van der Waals surface area contributed by atoms with E-state index in [1.807, 2.05) is 0 Å². The van der Waals surface area contributed by atoms with Gasteiger partial charge < -0.3 is 24.8 Å². The van der Waals surface area contributed by atoms with Crippen LogP contribution < -0.4 is 15.2 Å². The Kier molecular flexibility index (Phi) is 5.83. The fourth-order valence-corrected chi connectivity index (χ4v) is 1.73. The standard InChI is InChI=1S/C14H20N2O5/c1-16(6-5-12(17)21-4)14(18)10-7-9(19-2)8-11(20-3)13(10)15/h7-8H,5-6,15H2,1-4H3. The summed E-state index contributed by atoms with van der Waals surface area (Å²) in [4.78, 5) is 24.9. The lowest BCUT2D eigenvalue weighted by Crippen LogP contribution is -2.30. The highest BCUT2D eigenvalue weighted by Crippen LogP contribution is 2.31. The second-order valence-corrected chi connectivity index (χ2v) is 4.34. The third-order valence-electron chi connectivity index (χ3n) is 3.03. The van der Waals surface area contributed by atoms with E-state index < -0.39 is 0 Å². The molecule has 0 aromatic heterocycles. The van der Waals surface area contributed by atoms with Crippen molar-refractivity contribution in [3.05, 3.63) is 17.7 Å². The number of ether oxygens (including phenoxy) is 3. The lowest BCUT2D eigenvalue weighted by molar-refractivity contribution is -0.140. The maximum Gasteiger partial charge on any atom is 0.307 e. The van der Waals surface area contributed by atoms with Gasteiger partial charge in [-0.15, -0.1) is 0 Å². The quantitative estimate of drug-likeness (QED) is 0.620. The Morgan fingerprint density at radius 1 is 1.19 bits per heavy atom. The summed E-state index contributed by atoms with van der Waals surface area (Å²) in [6, 6.07) is 3.13. The van der Waals surface area contributed by atoms with E-state index in [1.54, 1.807) is 13.1 Å². The van der Waals surface area contributed by atoms with Gasteiger partial charge in [-0.05, 0) is 6.07 Å². The molecule has 0 aliphatic rings. The van der Waals surface area contributed by atoms with Crippen LogP contribution >= 0.6 is 0 Å². The van der Waals surface area contributed by atoms with Crippen LogP contribution in [-0.2, 0) is 9.53 Å². The molecular weight excluding hydrogens is 276 g/mol. The third kappa shape index (κ3) is 4.01. The van der Waals surface area contributed by atoms with Gasteiger partial charge in [-0.2, -0.15) is 0 Å². The molecule has 1 rings (SSSR count). The van der Waals surface area contributed by atoms with E-state index in [4.69, 9.17) is 15.2 Å². The number of benzene rings is 1. The van der Waals surface area contributed by atoms with E-state index in [-0.39, 0.29) is 36.1 Å². The maximum atomic E-state index is 12.4. The molecule has 0 saturated heterocycles. The van der Waals surface area contributed by atoms with E-state index in [9.17, 15) is 9.59 Å². The fourth-order valence-electron chi connectivity index (χ4n) is 1.73. The number of nitrogen functional groups attached to an aromatic ring is 1. The van der Waals surface area contributed by atoms with Gasteiger partial charge in [0.05, 0.1) is 39.0 Å². The molecule has 2 N–H and O–H groups in total. The van der Waals surface area contributed by atoms with Crippen LogP contribution in [0.15, 0.2) is 12.1 Å². The number of anilines is 1. The first-order valence-electron chi connectivity index (χ1n) is 6.28. The van der Waals surface area contributed by atoms with Crippen molar-refractivity contribution in [2.24, 2.45) is 0 Å². The molecule has 21 heavy (non-hydrogen) atoms. The highest BCUT2D eigenvalue weighted by atomic mass is 16.5. The second kappa shape index (κ2) is 7.37. The van der Waals surface area contributed by atoms with Gasteiger partial charge in [-0.25, -0.2) is 0 Å². The molecule has 116 valence electrons. The molecule has 0 spiro atoms. The van der Waals surface area contributed by atoms with E-state index in [0.29, 0.717) is 11.5 Å². The number of amides is 1. The number of rotatable bonds is 6. The molecule has 7 heteroatoms. The lowest BCUT2D eigenvalue weighted by atomic mass is 10.1. The molecule has 1 aromatic rings. The van der Waals surface area contributed by atoms with Gasteiger partial charge in [0.15, 0.2) is 0 Å². The summed E-state index contributed by atoms with van der Waals surface area (Å²) in [7, 11) is 5.83. The summed E-state index contributed by atoms with van der Waals surface area (Å²) in [5, 5.41) is 0. The zero-order chi connectivity index (χ0) is 16.0. The molecular formula is C14H20N2O5. The largest absolute Gasteiger partial charge is 0.497 e. The summed E-state index contributed by atoms with van der Waals surface area (Å²) < 4.78 is 14.8. The number of esters is 1. The van der Waals surface area contributed by atoms with Gasteiger partial charge in [-0.1, -0.05) is 0 Å². The predicted molar refractivity (Wildman–Crippen MR) is 77.6 cm³/mol. The molecule has 0 atom stereocenters. The van der Waals surface area contributed by atoms with Crippen molar-refractivity contribution in [2.45, 2.75) is 6.42 Å². The molecule has 0 unspecified atom stereocenters. The van der Waals surface area contributed by atoms with Crippen molar-refractivity contribution in [3.8, 4) is 11.5 Å². The summed E-state index contributed by atoms with van der Waals surface area (Å²) in [5.41, 5.74) is 6.41. The second-order valence-electron chi connectivity index (χ2n) is 4.34. The molecule has 0 fully saturated rings. The summed E-state index contributed by atoms with van der Waals surface area (Å²) in [6.07, 6.45) is 0.111. The molecule has 7 nitrogen and oxygen atoms in total. The molecule has 0 aliphatic heterocycles. The number of nitrogens with two attached hydrogens (primary N) is 1. The van der Waals surface area contributed by atoms with E-state index >= 15 is 0 Å². The van der Waals surface area contributed by atoms with Crippen LogP contribution in [0.2, 0.25) is 0 Å². The van der Waals surface area contributed by atoms with Gasteiger partial charge in [0, 0.05) is 19.7 Å². The number of carbonyl (C=O) groups excluding carboxylic acids is 2. The Morgan fingerprint density at radius 2 is 1.86 bits per heavy atom. The lowest BCUT2D eigenvalue weighted by Gasteiger charge is -2.19. The minimum atomic E-state index is -0.383. The Hall–Kier alpha value is -2.44. The Bertz CT molecular complexity index is 530. The van der Waals surface area contributed by atoms with Gasteiger partial charge in [0.2, 0.25) is 0 Å². The molecule has 0 radical (unpaired) electrons. The Labute approximate surface area is 123 Å². The molecule has 1 amide bonds. The topological polar surface area (TPSA) is 91.1 Å². The van der Waals surface area contributed by atoms with Crippen molar-refractivity contribution >= 4 is 17.6 Å². The Morgan fingerprint density at radius 3 is 2.38 bits per heavy atom. The first-order chi connectivity index (χ1) is 9.94. The first kappa shape index (κ1) is 16.6. The summed E-state index contributed by atoms with van der Waals surface area (Å²) in [5.74, 6) is 0.115. The SMILES string of the molecule is COC(=O)CCN(C)C(=O)c1cc(OC)cc(OC)c1N.